The van der Waals surface area contributed by atoms with Crippen LogP contribution in [0.15, 0.2) is 0 Å². The number of carboxylic acid groups (broad SMARTS) is 1. The maximum absolute atomic E-state index is 11.8. The maximum atomic E-state index is 11.8. The van der Waals surface area contributed by atoms with Gasteiger partial charge in [0.1, 0.15) is 6.54 Å². The second-order valence-corrected chi connectivity index (χ2v) is 6.62. The third-order valence-corrected chi connectivity index (χ3v) is 4.29. The van der Waals surface area contributed by atoms with Crippen LogP contribution in [0.2, 0.25) is 0 Å². The molecule has 1 aliphatic heterocycles. The maximum Gasteiger partial charge on any atom is 0.332 e. The van der Waals surface area contributed by atoms with Crippen molar-refractivity contribution in [2.75, 3.05) is 32.1 Å². The molecule has 0 aromatic carbocycles. The van der Waals surface area contributed by atoms with Gasteiger partial charge in [-0.25, -0.2) is 18.2 Å². The fourth-order valence-electron chi connectivity index (χ4n) is 1.79. The molecular weight excluding hydrogens is 262 g/mol. The van der Waals surface area contributed by atoms with E-state index >= 15 is 0 Å². The van der Waals surface area contributed by atoms with Crippen molar-refractivity contribution in [3.63, 3.8) is 0 Å². The number of urea groups is 1. The van der Waals surface area contributed by atoms with Crippen molar-refractivity contribution in [1.29, 1.82) is 0 Å². The Bertz CT molecular complexity index is 433. The van der Waals surface area contributed by atoms with Crippen LogP contribution in [-0.2, 0) is 14.6 Å². The quantitative estimate of drug-likeness (QED) is 0.622. The molecule has 0 aromatic heterocycles. The summed E-state index contributed by atoms with van der Waals surface area (Å²) >= 11 is 0. The smallest absolute Gasteiger partial charge is 0.332 e. The molecule has 1 unspecified atom stereocenters. The second kappa shape index (κ2) is 5.53. The Kier molecular flexibility index (Phi) is 4.52. The molecule has 8 nitrogen and oxygen atoms in total. The standard InChI is InChI=1S/C9H17N3O5S/c1-11(2)10-9(15)12(5-8(13)14)7-3-4-18(16,17)6-7/h7H,3-6H2,1-2H3,(H,10,15)(H,13,14). The van der Waals surface area contributed by atoms with Crippen LogP contribution in [0.4, 0.5) is 4.79 Å². The summed E-state index contributed by atoms with van der Waals surface area (Å²) in [7, 11) is 0.00464. The Hall–Kier alpha value is -1.35. The van der Waals surface area contributed by atoms with Gasteiger partial charge < -0.3 is 10.0 Å². The highest BCUT2D eigenvalue weighted by Crippen LogP contribution is 2.17. The van der Waals surface area contributed by atoms with Crippen molar-refractivity contribution in [3.8, 4) is 0 Å². The highest BCUT2D eigenvalue weighted by atomic mass is 32.2. The SMILES string of the molecule is CN(C)NC(=O)N(CC(=O)O)C1CCS(=O)(=O)C1. The Balaban J connectivity index is 2.79. The van der Waals surface area contributed by atoms with Crippen LogP contribution < -0.4 is 5.43 Å². The molecule has 0 saturated carbocycles. The number of aliphatic carboxylic acids is 1. The molecule has 1 atom stereocenters. The van der Waals surface area contributed by atoms with Crippen molar-refractivity contribution in [2.45, 2.75) is 12.5 Å². The number of nitrogens with zero attached hydrogens (tertiary/aromatic N) is 2. The predicted molar refractivity (Wildman–Crippen MR) is 63.6 cm³/mol. The number of amides is 2. The first-order valence-electron chi connectivity index (χ1n) is 5.38. The average molecular weight is 279 g/mol. The largest absolute Gasteiger partial charge is 0.480 e. The lowest BCUT2D eigenvalue weighted by atomic mass is 10.2. The topological polar surface area (TPSA) is 107 Å². The van der Waals surface area contributed by atoms with Gasteiger partial charge in [-0.1, -0.05) is 0 Å². The fourth-order valence-corrected chi connectivity index (χ4v) is 3.52. The molecule has 0 aliphatic carbocycles. The molecule has 1 rings (SSSR count). The Morgan fingerprint density at radius 1 is 1.39 bits per heavy atom. The minimum Gasteiger partial charge on any atom is -0.480 e. The van der Waals surface area contributed by atoms with Crippen LogP contribution in [0.1, 0.15) is 6.42 Å². The molecule has 2 amide bonds. The zero-order valence-corrected chi connectivity index (χ0v) is 11.1. The third-order valence-electron chi connectivity index (χ3n) is 2.53. The molecule has 0 spiro atoms. The number of carboxylic acids is 1. The van der Waals surface area contributed by atoms with Crippen LogP contribution in [0.5, 0.6) is 0 Å². The Morgan fingerprint density at radius 3 is 2.39 bits per heavy atom. The third kappa shape index (κ3) is 4.15. The van der Waals surface area contributed by atoms with Crippen LogP contribution in [0.25, 0.3) is 0 Å². The summed E-state index contributed by atoms with van der Waals surface area (Å²) in [5, 5.41) is 10.1. The first-order chi connectivity index (χ1) is 8.21. The number of rotatable bonds is 4. The molecule has 1 fully saturated rings. The van der Waals surface area contributed by atoms with E-state index in [-0.39, 0.29) is 17.9 Å². The summed E-state index contributed by atoms with van der Waals surface area (Å²) in [4.78, 5) is 23.6. The monoisotopic (exact) mass is 279 g/mol. The van der Waals surface area contributed by atoms with E-state index in [1.807, 2.05) is 0 Å². The van der Waals surface area contributed by atoms with E-state index in [2.05, 4.69) is 5.43 Å². The van der Waals surface area contributed by atoms with Gasteiger partial charge in [-0.15, -0.1) is 0 Å². The van der Waals surface area contributed by atoms with Crippen molar-refractivity contribution >= 4 is 21.8 Å². The van der Waals surface area contributed by atoms with Crippen LogP contribution >= 0.6 is 0 Å². The number of hydrogen-bond donors (Lipinski definition) is 2. The highest BCUT2D eigenvalue weighted by molar-refractivity contribution is 7.91. The van der Waals surface area contributed by atoms with E-state index in [4.69, 9.17) is 5.11 Å². The molecule has 0 radical (unpaired) electrons. The first kappa shape index (κ1) is 14.7. The van der Waals surface area contributed by atoms with Crippen molar-refractivity contribution in [2.24, 2.45) is 0 Å². The molecular formula is C9H17N3O5S. The van der Waals surface area contributed by atoms with Gasteiger partial charge in [0, 0.05) is 20.1 Å². The summed E-state index contributed by atoms with van der Waals surface area (Å²) in [5.41, 5.74) is 2.41. The summed E-state index contributed by atoms with van der Waals surface area (Å²) in [5.74, 6) is -1.36. The molecule has 104 valence electrons. The van der Waals surface area contributed by atoms with Crippen molar-refractivity contribution < 1.29 is 23.1 Å². The molecule has 0 bridgehead atoms. The first-order valence-corrected chi connectivity index (χ1v) is 7.20. The normalized spacial score (nSPS) is 21.8. The number of hydrazine groups is 1. The van der Waals surface area contributed by atoms with E-state index in [9.17, 15) is 18.0 Å². The zero-order valence-electron chi connectivity index (χ0n) is 10.3. The van der Waals surface area contributed by atoms with Crippen LogP contribution in [0, 0.1) is 0 Å². The van der Waals surface area contributed by atoms with Gasteiger partial charge >= 0.3 is 12.0 Å². The Labute approximate surface area is 105 Å². The minimum atomic E-state index is -3.17. The summed E-state index contributed by atoms with van der Waals surface area (Å²) < 4.78 is 22.7. The van der Waals surface area contributed by atoms with Crippen molar-refractivity contribution in [3.05, 3.63) is 0 Å². The van der Waals surface area contributed by atoms with E-state index in [1.165, 1.54) is 5.01 Å². The lowest BCUT2D eigenvalue weighted by molar-refractivity contribution is -0.138. The van der Waals surface area contributed by atoms with E-state index in [0.717, 1.165) is 4.90 Å². The molecule has 18 heavy (non-hydrogen) atoms. The predicted octanol–water partition coefficient (Wildman–Crippen LogP) is -1.25. The van der Waals surface area contributed by atoms with Gasteiger partial charge in [-0.2, -0.15) is 0 Å². The number of sulfone groups is 1. The van der Waals surface area contributed by atoms with E-state index < -0.39 is 34.4 Å². The lowest BCUT2D eigenvalue weighted by Crippen LogP contribution is -2.52. The van der Waals surface area contributed by atoms with Crippen LogP contribution in [-0.4, -0.2) is 73.6 Å². The van der Waals surface area contributed by atoms with Gasteiger partial charge in [0.25, 0.3) is 0 Å². The van der Waals surface area contributed by atoms with Gasteiger partial charge in [-0.05, 0) is 6.42 Å². The highest BCUT2D eigenvalue weighted by Gasteiger charge is 2.35. The van der Waals surface area contributed by atoms with Gasteiger partial charge in [0.05, 0.1) is 11.5 Å². The number of hydrogen-bond acceptors (Lipinski definition) is 5. The molecule has 2 N–H and O–H groups in total. The van der Waals surface area contributed by atoms with Gasteiger partial charge in [0.2, 0.25) is 0 Å². The lowest BCUT2D eigenvalue weighted by Gasteiger charge is -2.28. The van der Waals surface area contributed by atoms with Gasteiger partial charge in [0.15, 0.2) is 9.84 Å². The average Bonchev–Trinajstić information content (AvgIpc) is 2.53. The van der Waals surface area contributed by atoms with Crippen LogP contribution in [0.3, 0.4) is 0 Å². The minimum absolute atomic E-state index is 0.0109. The molecule has 9 heteroatoms. The summed E-state index contributed by atoms with van der Waals surface area (Å²) in [6.07, 6.45) is 0.274. The zero-order chi connectivity index (χ0) is 13.9. The van der Waals surface area contributed by atoms with E-state index in [0.29, 0.717) is 0 Å². The Morgan fingerprint density at radius 2 is 2.00 bits per heavy atom. The molecule has 1 saturated heterocycles. The summed E-state index contributed by atoms with van der Waals surface area (Å²) in [6, 6.07) is -1.18. The molecule has 0 aromatic rings. The molecule has 1 heterocycles. The van der Waals surface area contributed by atoms with Crippen molar-refractivity contribution in [1.82, 2.24) is 15.3 Å². The fraction of sp³-hybridized carbons (Fsp3) is 0.778. The molecule has 1 aliphatic rings. The number of nitrogens with one attached hydrogen (secondary N) is 1. The number of carbonyl (C=O) groups is 2. The van der Waals surface area contributed by atoms with E-state index in [1.54, 1.807) is 14.1 Å². The second-order valence-electron chi connectivity index (χ2n) is 4.39. The number of carbonyl (C=O) groups excluding carboxylic acids is 1. The summed E-state index contributed by atoms with van der Waals surface area (Å²) in [6.45, 7) is -0.514. The van der Waals surface area contributed by atoms with Gasteiger partial charge in [-0.3, -0.25) is 10.2 Å².